The van der Waals surface area contributed by atoms with Gasteiger partial charge in [0.05, 0.1) is 6.61 Å². The summed E-state index contributed by atoms with van der Waals surface area (Å²) in [5, 5.41) is 3.42. The third-order valence-corrected chi connectivity index (χ3v) is 3.65. The number of hydrogen-bond donors (Lipinski definition) is 1. The summed E-state index contributed by atoms with van der Waals surface area (Å²) in [6.45, 7) is 9.61. The lowest BCUT2D eigenvalue weighted by molar-refractivity contribution is 0.244. The average Bonchev–Trinajstić information content (AvgIpc) is 2.33. The highest BCUT2D eigenvalue weighted by Gasteiger charge is 2.12. The molecule has 1 rings (SSSR count). The predicted molar refractivity (Wildman–Crippen MR) is 81.1 cm³/mol. The molecule has 1 atom stereocenters. The molecule has 0 spiro atoms. The number of benzene rings is 1. The Kier molecular flexibility index (Phi) is 7.36. The first-order valence-electron chi connectivity index (χ1n) is 6.72. The van der Waals surface area contributed by atoms with E-state index in [1.54, 1.807) is 0 Å². The smallest absolute Gasteiger partial charge is 0.120 e. The molecule has 1 aromatic rings. The van der Waals surface area contributed by atoms with Gasteiger partial charge in [-0.15, -0.1) is 0 Å². The molecule has 18 heavy (non-hydrogen) atoms. The maximum atomic E-state index is 5.79. The van der Waals surface area contributed by atoms with Crippen LogP contribution in [0.2, 0.25) is 0 Å². The van der Waals surface area contributed by atoms with Crippen LogP contribution in [-0.2, 0) is 0 Å². The van der Waals surface area contributed by atoms with Crippen molar-refractivity contribution in [1.82, 2.24) is 5.32 Å². The predicted octanol–water partition coefficient (Wildman–Crippen LogP) is 4.10. The van der Waals surface area contributed by atoms with Crippen LogP contribution >= 0.6 is 15.9 Å². The molecular weight excluding hydrogens is 290 g/mol. The largest absolute Gasteiger partial charge is 0.494 e. The van der Waals surface area contributed by atoms with Crippen LogP contribution in [0.4, 0.5) is 0 Å². The highest BCUT2D eigenvalue weighted by molar-refractivity contribution is 9.10. The minimum atomic E-state index is 0.678. The van der Waals surface area contributed by atoms with Gasteiger partial charge in [0, 0.05) is 4.47 Å². The Bertz CT molecular complexity index is 341. The Morgan fingerprint density at radius 2 is 2.11 bits per heavy atom. The molecule has 0 fully saturated rings. The molecule has 2 nitrogen and oxygen atoms in total. The van der Waals surface area contributed by atoms with Crippen molar-refractivity contribution < 1.29 is 4.74 Å². The summed E-state index contributed by atoms with van der Waals surface area (Å²) in [5.41, 5.74) is 0. The molecular formula is C15H24BrNO. The van der Waals surface area contributed by atoms with Crippen LogP contribution in [0.1, 0.15) is 27.2 Å². The molecule has 102 valence electrons. The fraction of sp³-hybridized carbons (Fsp3) is 0.600. The highest BCUT2D eigenvalue weighted by atomic mass is 79.9. The maximum Gasteiger partial charge on any atom is 0.120 e. The molecule has 3 heteroatoms. The Morgan fingerprint density at radius 3 is 2.72 bits per heavy atom. The molecule has 1 aromatic carbocycles. The maximum absolute atomic E-state index is 5.79. The molecule has 0 bridgehead atoms. The lowest BCUT2D eigenvalue weighted by atomic mass is 9.93. The fourth-order valence-electron chi connectivity index (χ4n) is 1.89. The number of halogens is 1. The van der Waals surface area contributed by atoms with Gasteiger partial charge in [-0.05, 0) is 49.5 Å². The molecule has 0 aliphatic rings. The standard InChI is InChI=1S/C15H24BrNO/c1-4-17-11-13(12(2)3)8-9-18-15-7-5-6-14(16)10-15/h5-7,10,12-13,17H,4,8-9,11H2,1-3H3. The lowest BCUT2D eigenvalue weighted by Gasteiger charge is -2.21. The first kappa shape index (κ1) is 15.5. The van der Waals surface area contributed by atoms with E-state index in [1.165, 1.54) is 0 Å². The lowest BCUT2D eigenvalue weighted by Crippen LogP contribution is -2.27. The third-order valence-electron chi connectivity index (χ3n) is 3.15. The van der Waals surface area contributed by atoms with Crippen LogP contribution in [0.25, 0.3) is 0 Å². The Morgan fingerprint density at radius 1 is 1.33 bits per heavy atom. The topological polar surface area (TPSA) is 21.3 Å². The summed E-state index contributed by atoms with van der Waals surface area (Å²) in [6.07, 6.45) is 1.09. The van der Waals surface area contributed by atoms with Crippen LogP contribution in [-0.4, -0.2) is 19.7 Å². The molecule has 0 saturated carbocycles. The van der Waals surface area contributed by atoms with Crippen molar-refractivity contribution in [2.24, 2.45) is 11.8 Å². The van der Waals surface area contributed by atoms with E-state index in [1.807, 2.05) is 24.3 Å². The van der Waals surface area contributed by atoms with E-state index < -0.39 is 0 Å². The third kappa shape index (κ3) is 5.87. The van der Waals surface area contributed by atoms with Crippen LogP contribution in [0.3, 0.4) is 0 Å². The molecule has 0 aromatic heterocycles. The minimum absolute atomic E-state index is 0.678. The first-order chi connectivity index (χ1) is 8.63. The SMILES string of the molecule is CCNCC(CCOc1cccc(Br)c1)C(C)C. The van der Waals surface area contributed by atoms with Crippen molar-refractivity contribution in [1.29, 1.82) is 0 Å². The van der Waals surface area contributed by atoms with E-state index in [-0.39, 0.29) is 0 Å². The second-order valence-corrected chi connectivity index (χ2v) is 5.82. The van der Waals surface area contributed by atoms with Crippen molar-refractivity contribution in [3.8, 4) is 5.75 Å². The van der Waals surface area contributed by atoms with Crippen molar-refractivity contribution in [3.63, 3.8) is 0 Å². The molecule has 0 saturated heterocycles. The zero-order valence-corrected chi connectivity index (χ0v) is 13.2. The van der Waals surface area contributed by atoms with Crippen molar-refractivity contribution >= 4 is 15.9 Å². The van der Waals surface area contributed by atoms with Gasteiger partial charge in [-0.25, -0.2) is 0 Å². The second-order valence-electron chi connectivity index (χ2n) is 4.91. The fourth-order valence-corrected chi connectivity index (χ4v) is 2.26. The highest BCUT2D eigenvalue weighted by Crippen LogP contribution is 2.19. The molecule has 0 aliphatic carbocycles. The molecule has 0 aliphatic heterocycles. The van der Waals surface area contributed by atoms with Gasteiger partial charge < -0.3 is 10.1 Å². The molecule has 0 amide bonds. The van der Waals surface area contributed by atoms with E-state index >= 15 is 0 Å². The van der Waals surface area contributed by atoms with Crippen LogP contribution in [0.5, 0.6) is 5.75 Å². The second kappa shape index (κ2) is 8.54. The monoisotopic (exact) mass is 313 g/mol. The minimum Gasteiger partial charge on any atom is -0.494 e. The van der Waals surface area contributed by atoms with E-state index in [0.717, 1.165) is 36.3 Å². The summed E-state index contributed by atoms with van der Waals surface area (Å²) < 4.78 is 6.85. The van der Waals surface area contributed by atoms with E-state index in [0.29, 0.717) is 11.8 Å². The summed E-state index contributed by atoms with van der Waals surface area (Å²) in [5.74, 6) is 2.31. The summed E-state index contributed by atoms with van der Waals surface area (Å²) in [7, 11) is 0. The Hall–Kier alpha value is -0.540. The van der Waals surface area contributed by atoms with Gasteiger partial charge in [0.2, 0.25) is 0 Å². The van der Waals surface area contributed by atoms with Gasteiger partial charge in [-0.1, -0.05) is 42.8 Å². The van der Waals surface area contributed by atoms with Gasteiger partial charge in [-0.2, -0.15) is 0 Å². The van der Waals surface area contributed by atoms with Crippen molar-refractivity contribution in [2.45, 2.75) is 27.2 Å². The van der Waals surface area contributed by atoms with Crippen molar-refractivity contribution in [2.75, 3.05) is 19.7 Å². The molecule has 1 N–H and O–H groups in total. The molecule has 0 heterocycles. The first-order valence-corrected chi connectivity index (χ1v) is 7.51. The van der Waals surface area contributed by atoms with Crippen molar-refractivity contribution in [3.05, 3.63) is 28.7 Å². The number of ether oxygens (including phenoxy) is 1. The van der Waals surface area contributed by atoms with Crippen LogP contribution in [0.15, 0.2) is 28.7 Å². The van der Waals surface area contributed by atoms with E-state index in [2.05, 4.69) is 42.0 Å². The van der Waals surface area contributed by atoms with Gasteiger partial charge in [-0.3, -0.25) is 0 Å². The average molecular weight is 314 g/mol. The van der Waals surface area contributed by atoms with Crippen LogP contribution in [0, 0.1) is 11.8 Å². The quantitative estimate of drug-likeness (QED) is 0.780. The van der Waals surface area contributed by atoms with Gasteiger partial charge in [0.15, 0.2) is 0 Å². The molecule has 1 unspecified atom stereocenters. The Labute approximate surface area is 119 Å². The number of rotatable bonds is 8. The van der Waals surface area contributed by atoms with Gasteiger partial charge in [0.25, 0.3) is 0 Å². The zero-order chi connectivity index (χ0) is 13.4. The zero-order valence-electron chi connectivity index (χ0n) is 11.6. The summed E-state index contributed by atoms with van der Waals surface area (Å²) in [4.78, 5) is 0. The summed E-state index contributed by atoms with van der Waals surface area (Å²) >= 11 is 3.45. The molecule has 0 radical (unpaired) electrons. The Balaban J connectivity index is 2.34. The normalized spacial score (nSPS) is 12.7. The number of nitrogens with one attached hydrogen (secondary N) is 1. The summed E-state index contributed by atoms with van der Waals surface area (Å²) in [6, 6.07) is 8.01. The number of hydrogen-bond acceptors (Lipinski definition) is 2. The van der Waals surface area contributed by atoms with Crippen LogP contribution < -0.4 is 10.1 Å². The van der Waals surface area contributed by atoms with E-state index in [4.69, 9.17) is 4.74 Å². The van der Waals surface area contributed by atoms with Gasteiger partial charge >= 0.3 is 0 Å². The van der Waals surface area contributed by atoms with E-state index in [9.17, 15) is 0 Å². The van der Waals surface area contributed by atoms with Gasteiger partial charge in [0.1, 0.15) is 5.75 Å².